The van der Waals surface area contributed by atoms with Crippen molar-refractivity contribution in [3.8, 4) is 0 Å². The third kappa shape index (κ3) is 5.22. The Labute approximate surface area is 111 Å². The third-order valence-corrected chi connectivity index (χ3v) is 2.14. The Bertz CT molecular complexity index is 517. The summed E-state index contributed by atoms with van der Waals surface area (Å²) in [6, 6.07) is 3.04. The van der Waals surface area contributed by atoms with Crippen LogP contribution in [0.3, 0.4) is 0 Å². The Balaban J connectivity index is 2.62. The van der Waals surface area contributed by atoms with E-state index in [1.807, 2.05) is 10.6 Å². The van der Waals surface area contributed by atoms with Crippen molar-refractivity contribution in [3.05, 3.63) is 29.6 Å². The molecule has 0 atom stereocenters. The van der Waals surface area contributed by atoms with Gasteiger partial charge in [0.2, 0.25) is 11.8 Å². The van der Waals surface area contributed by atoms with Gasteiger partial charge in [-0.05, 0) is 18.2 Å². The highest BCUT2D eigenvalue weighted by atomic mass is 19.4. The van der Waals surface area contributed by atoms with Crippen molar-refractivity contribution in [3.63, 3.8) is 0 Å². The number of alkyl halides is 3. The molecule has 5 nitrogen and oxygen atoms in total. The summed E-state index contributed by atoms with van der Waals surface area (Å²) in [4.78, 5) is 22.2. The second kappa shape index (κ2) is 6.33. The minimum atomic E-state index is -4.45. The molecule has 0 fully saturated rings. The van der Waals surface area contributed by atoms with E-state index < -0.39 is 36.9 Å². The van der Waals surface area contributed by atoms with Gasteiger partial charge in [0.15, 0.2) is 0 Å². The minimum absolute atomic E-state index is 0.0371. The quantitative estimate of drug-likeness (QED) is 0.709. The first-order chi connectivity index (χ1) is 9.19. The molecule has 1 aromatic rings. The van der Waals surface area contributed by atoms with Gasteiger partial charge in [-0.25, -0.2) is 4.39 Å². The topological polar surface area (TPSA) is 84.2 Å². The van der Waals surface area contributed by atoms with Crippen LogP contribution in [0.2, 0.25) is 0 Å². The molecule has 0 spiro atoms. The van der Waals surface area contributed by atoms with Gasteiger partial charge in [0.1, 0.15) is 5.82 Å². The van der Waals surface area contributed by atoms with Gasteiger partial charge in [-0.3, -0.25) is 9.59 Å². The third-order valence-electron chi connectivity index (χ3n) is 2.14. The Kier molecular flexibility index (Phi) is 5.03. The van der Waals surface area contributed by atoms with Crippen molar-refractivity contribution in [2.24, 2.45) is 5.73 Å². The van der Waals surface area contributed by atoms with Crippen LogP contribution in [0.5, 0.6) is 0 Å². The molecule has 0 aliphatic heterocycles. The predicted octanol–water partition coefficient (Wildman–Crippen LogP) is 1.01. The van der Waals surface area contributed by atoms with Crippen LogP contribution >= 0.6 is 0 Å². The number of halogens is 4. The van der Waals surface area contributed by atoms with Crippen LogP contribution in [-0.2, 0) is 4.79 Å². The lowest BCUT2D eigenvalue weighted by atomic mass is 10.2. The lowest BCUT2D eigenvalue weighted by Crippen LogP contribution is -2.35. The maximum atomic E-state index is 13.3. The second-order valence-corrected chi connectivity index (χ2v) is 3.83. The number of hydrogen-bond acceptors (Lipinski definition) is 3. The molecular weight excluding hydrogens is 282 g/mol. The maximum absolute atomic E-state index is 13.3. The number of nitrogens with two attached hydrogens (primary N) is 1. The zero-order chi connectivity index (χ0) is 15.3. The summed E-state index contributed by atoms with van der Waals surface area (Å²) in [5.74, 6) is -2.54. The van der Waals surface area contributed by atoms with E-state index in [1.54, 1.807) is 0 Å². The predicted molar refractivity (Wildman–Crippen MR) is 62.5 cm³/mol. The van der Waals surface area contributed by atoms with Crippen LogP contribution in [0.25, 0.3) is 0 Å². The van der Waals surface area contributed by atoms with E-state index in [2.05, 4.69) is 0 Å². The van der Waals surface area contributed by atoms with E-state index in [0.717, 1.165) is 18.2 Å². The van der Waals surface area contributed by atoms with Crippen molar-refractivity contribution >= 4 is 17.5 Å². The van der Waals surface area contributed by atoms with Crippen LogP contribution < -0.4 is 16.4 Å². The summed E-state index contributed by atoms with van der Waals surface area (Å²) in [7, 11) is 0. The molecule has 1 rings (SSSR count). The monoisotopic (exact) mass is 293 g/mol. The average Bonchev–Trinajstić information content (AvgIpc) is 2.30. The van der Waals surface area contributed by atoms with Crippen molar-refractivity contribution in [2.45, 2.75) is 6.18 Å². The molecule has 20 heavy (non-hydrogen) atoms. The fourth-order valence-electron chi connectivity index (χ4n) is 1.29. The molecule has 2 amide bonds. The van der Waals surface area contributed by atoms with Gasteiger partial charge < -0.3 is 16.4 Å². The Morgan fingerprint density at radius 1 is 1.25 bits per heavy atom. The van der Waals surface area contributed by atoms with Crippen molar-refractivity contribution in [1.82, 2.24) is 5.32 Å². The molecule has 0 bridgehead atoms. The fourth-order valence-corrected chi connectivity index (χ4v) is 1.29. The van der Waals surface area contributed by atoms with E-state index >= 15 is 0 Å². The molecule has 0 aliphatic carbocycles. The molecule has 0 unspecified atom stereocenters. The van der Waals surface area contributed by atoms with E-state index in [4.69, 9.17) is 5.73 Å². The summed E-state index contributed by atoms with van der Waals surface area (Å²) < 4.78 is 48.8. The molecule has 4 N–H and O–H groups in total. The number of carbonyl (C=O) groups excluding carboxylic acids is 2. The largest absolute Gasteiger partial charge is 0.401 e. The highest BCUT2D eigenvalue weighted by Crippen LogP contribution is 2.16. The van der Waals surface area contributed by atoms with Crippen LogP contribution in [0.4, 0.5) is 23.2 Å². The molecule has 110 valence electrons. The standard InChI is InChI=1S/C11H11F4N3O2/c12-7-2-1-6(10(16)20)3-8(7)18-9(19)4-17-5-11(13,14)15/h1-3,17H,4-5H2,(H2,16,20)(H,18,19). The van der Waals surface area contributed by atoms with Crippen molar-refractivity contribution in [2.75, 3.05) is 18.4 Å². The zero-order valence-electron chi connectivity index (χ0n) is 10.1. The van der Waals surface area contributed by atoms with Gasteiger partial charge in [0.05, 0.1) is 18.8 Å². The summed E-state index contributed by atoms with van der Waals surface area (Å²) in [6.07, 6.45) is -4.45. The van der Waals surface area contributed by atoms with Gasteiger partial charge in [-0.2, -0.15) is 13.2 Å². The minimum Gasteiger partial charge on any atom is -0.366 e. The van der Waals surface area contributed by atoms with Gasteiger partial charge in [0, 0.05) is 5.56 Å². The van der Waals surface area contributed by atoms with E-state index in [9.17, 15) is 27.2 Å². The summed E-state index contributed by atoms with van der Waals surface area (Å²) in [6.45, 7) is -2.00. The number of primary amides is 1. The first-order valence-corrected chi connectivity index (χ1v) is 5.36. The molecular formula is C11H11F4N3O2. The molecule has 9 heteroatoms. The number of carbonyl (C=O) groups is 2. The first-order valence-electron chi connectivity index (χ1n) is 5.36. The molecule has 0 radical (unpaired) electrons. The summed E-state index contributed by atoms with van der Waals surface area (Å²) in [5.41, 5.74) is 4.61. The molecule has 0 saturated carbocycles. The molecule has 0 aromatic heterocycles. The number of amides is 2. The lowest BCUT2D eigenvalue weighted by molar-refractivity contribution is -0.127. The van der Waals surface area contributed by atoms with Crippen LogP contribution in [0.15, 0.2) is 18.2 Å². The Hall–Kier alpha value is -2.16. The maximum Gasteiger partial charge on any atom is 0.401 e. The fraction of sp³-hybridized carbons (Fsp3) is 0.273. The average molecular weight is 293 g/mol. The Morgan fingerprint density at radius 3 is 2.45 bits per heavy atom. The molecule has 0 aliphatic rings. The van der Waals surface area contributed by atoms with Crippen molar-refractivity contribution < 1.29 is 27.2 Å². The van der Waals surface area contributed by atoms with Gasteiger partial charge in [-0.1, -0.05) is 0 Å². The normalized spacial score (nSPS) is 11.2. The van der Waals surface area contributed by atoms with Crippen LogP contribution in [0.1, 0.15) is 10.4 Å². The highest BCUT2D eigenvalue weighted by Gasteiger charge is 2.26. The van der Waals surface area contributed by atoms with E-state index in [1.165, 1.54) is 0 Å². The second-order valence-electron chi connectivity index (χ2n) is 3.83. The number of rotatable bonds is 5. The lowest BCUT2D eigenvalue weighted by Gasteiger charge is -2.10. The van der Waals surface area contributed by atoms with E-state index in [-0.39, 0.29) is 11.3 Å². The molecule has 0 heterocycles. The number of anilines is 1. The van der Waals surface area contributed by atoms with E-state index in [0.29, 0.717) is 0 Å². The van der Waals surface area contributed by atoms with Crippen molar-refractivity contribution in [1.29, 1.82) is 0 Å². The summed E-state index contributed by atoms with van der Waals surface area (Å²) in [5, 5.41) is 3.89. The zero-order valence-corrected chi connectivity index (χ0v) is 10.1. The smallest absolute Gasteiger partial charge is 0.366 e. The number of nitrogens with one attached hydrogen (secondary N) is 2. The highest BCUT2D eigenvalue weighted by molar-refractivity contribution is 5.96. The molecule has 1 aromatic carbocycles. The molecule has 0 saturated heterocycles. The van der Waals surface area contributed by atoms with Gasteiger partial charge >= 0.3 is 6.18 Å². The van der Waals surface area contributed by atoms with Crippen LogP contribution in [-0.4, -0.2) is 31.1 Å². The first kappa shape index (κ1) is 15.9. The number of hydrogen-bond donors (Lipinski definition) is 3. The number of benzene rings is 1. The van der Waals surface area contributed by atoms with Gasteiger partial charge in [0.25, 0.3) is 0 Å². The Morgan fingerprint density at radius 2 is 1.90 bits per heavy atom. The summed E-state index contributed by atoms with van der Waals surface area (Å²) >= 11 is 0. The van der Waals surface area contributed by atoms with Crippen LogP contribution in [0, 0.1) is 5.82 Å². The van der Waals surface area contributed by atoms with Gasteiger partial charge in [-0.15, -0.1) is 0 Å². The SMILES string of the molecule is NC(=O)c1ccc(F)c(NC(=O)CNCC(F)(F)F)c1.